The van der Waals surface area contributed by atoms with Gasteiger partial charge >= 0.3 is 0 Å². The molecule has 0 bridgehead atoms. The number of anilines is 1. The average molecular weight is 372 g/mol. The molecule has 27 heavy (non-hydrogen) atoms. The first-order valence-electron chi connectivity index (χ1n) is 8.43. The maximum absolute atomic E-state index is 14.3. The Kier molecular flexibility index (Phi) is 4.18. The first kappa shape index (κ1) is 17.3. The summed E-state index contributed by atoms with van der Waals surface area (Å²) in [4.78, 5) is 18.3. The maximum atomic E-state index is 14.3. The van der Waals surface area contributed by atoms with Gasteiger partial charge in [-0.25, -0.2) is 22.8 Å². The molecule has 1 aromatic heterocycles. The minimum absolute atomic E-state index is 0.0726. The lowest BCUT2D eigenvalue weighted by atomic mass is 10.0. The van der Waals surface area contributed by atoms with Crippen LogP contribution < -0.4 is 4.90 Å². The summed E-state index contributed by atoms with van der Waals surface area (Å²) in [7, 11) is 0. The first-order chi connectivity index (χ1) is 12.9. The third kappa shape index (κ3) is 3.07. The minimum atomic E-state index is -0.785. The zero-order valence-corrected chi connectivity index (χ0v) is 14.4. The number of halogens is 3. The number of carbonyl (C=O) groups is 1. The van der Waals surface area contributed by atoms with Crippen LogP contribution in [0.1, 0.15) is 28.4 Å². The highest BCUT2D eigenvalue weighted by Crippen LogP contribution is 2.31. The summed E-state index contributed by atoms with van der Waals surface area (Å²) in [6, 6.07) is 7.60. The molecule has 0 atom stereocenters. The van der Waals surface area contributed by atoms with E-state index < -0.39 is 17.5 Å². The number of benzene rings is 2. The fraction of sp³-hybridized carbons (Fsp3) is 0.211. The lowest BCUT2D eigenvalue weighted by Crippen LogP contribution is -2.37. The molecule has 3 aromatic rings. The highest BCUT2D eigenvalue weighted by molar-refractivity contribution is 6.04. The molecule has 0 N–H and O–H groups in total. The van der Waals surface area contributed by atoms with Crippen LogP contribution in [-0.4, -0.2) is 27.2 Å². The Balaban J connectivity index is 1.71. The van der Waals surface area contributed by atoms with Crippen LogP contribution in [0.25, 0.3) is 5.69 Å². The summed E-state index contributed by atoms with van der Waals surface area (Å²) < 4.78 is 42.3. The zero-order chi connectivity index (χ0) is 19.1. The SMILES string of the molecule is Cc1nc(C(=O)N2CCCc3cc(F)cc(F)c32)nn1-c1ccc(F)cc1. The highest BCUT2D eigenvalue weighted by atomic mass is 19.1. The highest BCUT2D eigenvalue weighted by Gasteiger charge is 2.30. The Bertz CT molecular complexity index is 1030. The van der Waals surface area contributed by atoms with Crippen LogP contribution >= 0.6 is 0 Å². The van der Waals surface area contributed by atoms with E-state index in [4.69, 9.17) is 0 Å². The smallest absolute Gasteiger partial charge is 0.298 e. The summed E-state index contributed by atoms with van der Waals surface area (Å²) >= 11 is 0. The molecule has 2 aromatic carbocycles. The van der Waals surface area contributed by atoms with Crippen LogP contribution in [0.4, 0.5) is 18.9 Å². The summed E-state index contributed by atoms with van der Waals surface area (Å²) in [5.74, 6) is -2.08. The Morgan fingerprint density at radius 1 is 1.07 bits per heavy atom. The van der Waals surface area contributed by atoms with Gasteiger partial charge in [-0.15, -0.1) is 5.10 Å². The Hall–Kier alpha value is -3.16. The number of amides is 1. The van der Waals surface area contributed by atoms with E-state index in [0.717, 1.165) is 6.07 Å². The molecule has 138 valence electrons. The molecule has 0 aliphatic carbocycles. The minimum Gasteiger partial charge on any atom is -0.302 e. The van der Waals surface area contributed by atoms with E-state index in [1.807, 2.05) is 0 Å². The van der Waals surface area contributed by atoms with E-state index in [1.54, 1.807) is 6.92 Å². The maximum Gasteiger partial charge on any atom is 0.298 e. The van der Waals surface area contributed by atoms with Gasteiger partial charge in [-0.3, -0.25) is 4.79 Å². The second-order valence-electron chi connectivity index (χ2n) is 6.33. The molecule has 1 amide bonds. The van der Waals surface area contributed by atoms with Gasteiger partial charge in [-0.1, -0.05) is 0 Å². The predicted octanol–water partition coefficient (Wildman–Crippen LogP) is 3.59. The van der Waals surface area contributed by atoms with Gasteiger partial charge in [0.25, 0.3) is 5.91 Å². The van der Waals surface area contributed by atoms with Crippen LogP contribution in [0.3, 0.4) is 0 Å². The quantitative estimate of drug-likeness (QED) is 0.691. The molecular weight excluding hydrogens is 357 g/mol. The molecule has 1 aliphatic heterocycles. The molecule has 0 unspecified atom stereocenters. The summed E-state index contributed by atoms with van der Waals surface area (Å²) in [5.41, 5.74) is 1.07. The van der Waals surface area contributed by atoms with Crippen molar-refractivity contribution in [3.8, 4) is 5.69 Å². The van der Waals surface area contributed by atoms with Crippen molar-refractivity contribution < 1.29 is 18.0 Å². The lowest BCUT2D eigenvalue weighted by Gasteiger charge is -2.29. The number of aryl methyl sites for hydroxylation is 2. The average Bonchev–Trinajstić information content (AvgIpc) is 3.02. The molecule has 2 heterocycles. The van der Waals surface area contributed by atoms with Crippen LogP contribution in [-0.2, 0) is 6.42 Å². The number of hydrogen-bond donors (Lipinski definition) is 0. The monoisotopic (exact) mass is 372 g/mol. The fourth-order valence-electron chi connectivity index (χ4n) is 3.28. The third-order valence-corrected chi connectivity index (χ3v) is 4.48. The lowest BCUT2D eigenvalue weighted by molar-refractivity contribution is 0.0974. The molecule has 0 spiro atoms. The largest absolute Gasteiger partial charge is 0.302 e. The van der Waals surface area contributed by atoms with Crippen LogP contribution in [0.2, 0.25) is 0 Å². The van der Waals surface area contributed by atoms with Gasteiger partial charge in [0, 0.05) is 12.6 Å². The molecule has 0 radical (unpaired) electrons. The third-order valence-electron chi connectivity index (χ3n) is 4.48. The number of nitrogens with zero attached hydrogens (tertiary/aromatic N) is 4. The van der Waals surface area contributed by atoms with Gasteiger partial charge in [-0.05, 0) is 55.7 Å². The zero-order valence-electron chi connectivity index (χ0n) is 14.4. The fourth-order valence-corrected chi connectivity index (χ4v) is 3.28. The number of carbonyl (C=O) groups excluding carboxylic acids is 1. The molecule has 0 saturated carbocycles. The van der Waals surface area contributed by atoms with Crippen molar-refractivity contribution in [1.82, 2.24) is 14.8 Å². The molecular formula is C19H15F3N4O. The van der Waals surface area contributed by atoms with Crippen molar-refractivity contribution in [1.29, 1.82) is 0 Å². The topological polar surface area (TPSA) is 51.0 Å². The van der Waals surface area contributed by atoms with Crippen LogP contribution in [0.5, 0.6) is 0 Å². The van der Waals surface area contributed by atoms with E-state index in [2.05, 4.69) is 10.1 Å². The first-order valence-corrected chi connectivity index (χ1v) is 8.43. The molecule has 4 rings (SSSR count). The van der Waals surface area contributed by atoms with Gasteiger partial charge in [0.05, 0.1) is 11.4 Å². The van der Waals surface area contributed by atoms with E-state index in [0.29, 0.717) is 36.5 Å². The summed E-state index contributed by atoms with van der Waals surface area (Å²) in [5, 5.41) is 4.20. The van der Waals surface area contributed by atoms with Crippen molar-refractivity contribution in [2.75, 3.05) is 11.4 Å². The normalized spacial score (nSPS) is 13.6. The van der Waals surface area contributed by atoms with Crippen molar-refractivity contribution in [3.63, 3.8) is 0 Å². The second-order valence-corrected chi connectivity index (χ2v) is 6.33. The molecule has 5 nitrogen and oxygen atoms in total. The number of rotatable bonds is 2. The molecule has 8 heteroatoms. The standard InChI is InChI=1S/C19H15F3N4O/c1-11-23-18(24-26(11)15-6-4-13(20)5-7-15)19(27)25-8-2-3-12-9-14(21)10-16(22)17(12)25/h4-7,9-10H,2-3,8H2,1H3. The summed E-state index contributed by atoms with van der Waals surface area (Å²) in [6.07, 6.45) is 1.07. The van der Waals surface area contributed by atoms with Crippen LogP contribution in [0, 0.1) is 24.4 Å². The van der Waals surface area contributed by atoms with E-state index in [-0.39, 0.29) is 17.3 Å². The number of aromatic nitrogens is 3. The van der Waals surface area contributed by atoms with Crippen LogP contribution in [0.15, 0.2) is 36.4 Å². The summed E-state index contributed by atoms with van der Waals surface area (Å²) in [6.45, 7) is 1.95. The van der Waals surface area contributed by atoms with Crippen molar-refractivity contribution >= 4 is 11.6 Å². The van der Waals surface area contributed by atoms with Gasteiger partial charge in [0.1, 0.15) is 23.3 Å². The van der Waals surface area contributed by atoms with E-state index >= 15 is 0 Å². The van der Waals surface area contributed by atoms with Crippen molar-refractivity contribution in [2.24, 2.45) is 0 Å². The van der Waals surface area contributed by atoms with Crippen molar-refractivity contribution in [3.05, 3.63) is 71.1 Å². The predicted molar refractivity (Wildman–Crippen MR) is 92.4 cm³/mol. The Labute approximate surface area is 153 Å². The Morgan fingerprint density at radius 2 is 1.81 bits per heavy atom. The number of fused-ring (bicyclic) bond motifs is 1. The molecule has 0 saturated heterocycles. The number of hydrogen-bond acceptors (Lipinski definition) is 3. The van der Waals surface area contributed by atoms with Crippen molar-refractivity contribution in [2.45, 2.75) is 19.8 Å². The second kappa shape index (κ2) is 6.53. The molecule has 0 fully saturated rings. The van der Waals surface area contributed by atoms with E-state index in [1.165, 1.54) is 39.9 Å². The van der Waals surface area contributed by atoms with Gasteiger partial charge in [-0.2, -0.15) is 0 Å². The van der Waals surface area contributed by atoms with Gasteiger partial charge in [0.2, 0.25) is 5.82 Å². The molecule has 1 aliphatic rings. The van der Waals surface area contributed by atoms with E-state index in [9.17, 15) is 18.0 Å². The van der Waals surface area contributed by atoms with Gasteiger partial charge < -0.3 is 4.90 Å². The van der Waals surface area contributed by atoms with Gasteiger partial charge in [0.15, 0.2) is 0 Å². The Morgan fingerprint density at radius 3 is 2.56 bits per heavy atom.